The number of carbonyl (C=O) groups excluding carboxylic acids is 1. The summed E-state index contributed by atoms with van der Waals surface area (Å²) in [7, 11) is 3.53. The number of hydrogen-bond donors (Lipinski definition) is 1. The first-order valence-electron chi connectivity index (χ1n) is 11.6. The fourth-order valence-electron chi connectivity index (χ4n) is 4.53. The molecule has 0 aliphatic carbocycles. The Hall–Kier alpha value is -1.55. The van der Waals surface area contributed by atoms with Gasteiger partial charge in [0.1, 0.15) is 5.75 Å². The van der Waals surface area contributed by atoms with E-state index in [0.717, 1.165) is 57.3 Å². The van der Waals surface area contributed by atoms with E-state index in [4.69, 9.17) is 9.47 Å². The van der Waals surface area contributed by atoms with Crippen LogP contribution in [0.1, 0.15) is 38.2 Å². The Morgan fingerprint density at radius 2 is 1.88 bits per heavy atom. The minimum absolute atomic E-state index is 0. The molecule has 2 heterocycles. The molecule has 0 amide bonds. The van der Waals surface area contributed by atoms with Crippen LogP contribution in [0, 0.1) is 11.8 Å². The summed E-state index contributed by atoms with van der Waals surface area (Å²) in [4.78, 5) is 21.4. The smallest absolute Gasteiger partial charge is 0.310 e. The molecule has 1 aromatic rings. The van der Waals surface area contributed by atoms with E-state index >= 15 is 0 Å². The molecule has 180 valence electrons. The maximum Gasteiger partial charge on any atom is 0.310 e. The molecule has 0 spiro atoms. The second-order valence-corrected chi connectivity index (χ2v) is 8.53. The quantitative estimate of drug-likeness (QED) is 0.240. The van der Waals surface area contributed by atoms with Gasteiger partial charge in [-0.1, -0.05) is 12.1 Å². The molecule has 2 saturated heterocycles. The molecule has 3 rings (SSSR count). The Kier molecular flexibility index (Phi) is 11.6. The zero-order valence-electron chi connectivity index (χ0n) is 19.7. The van der Waals surface area contributed by atoms with Crippen molar-refractivity contribution in [2.75, 3.05) is 53.5 Å². The van der Waals surface area contributed by atoms with Crippen LogP contribution in [0.25, 0.3) is 0 Å². The van der Waals surface area contributed by atoms with Crippen LogP contribution in [-0.2, 0) is 16.1 Å². The molecule has 0 bridgehead atoms. The van der Waals surface area contributed by atoms with Crippen molar-refractivity contribution in [2.45, 2.75) is 39.2 Å². The van der Waals surface area contributed by atoms with Crippen LogP contribution in [-0.4, -0.2) is 75.2 Å². The molecule has 8 heteroatoms. The Bertz CT molecular complexity index is 720. The van der Waals surface area contributed by atoms with Gasteiger partial charge in [-0.05, 0) is 69.3 Å². The van der Waals surface area contributed by atoms with Gasteiger partial charge >= 0.3 is 5.97 Å². The average molecular weight is 559 g/mol. The normalized spacial score (nSPS) is 20.4. The Balaban J connectivity index is 0.00000363. The minimum Gasteiger partial charge on any atom is -0.497 e. The van der Waals surface area contributed by atoms with Crippen molar-refractivity contribution in [3.63, 3.8) is 0 Å². The SMILES string of the molecule is CCOC(=O)C1CCCN(C(=NC)NCC2CCN(Cc3ccc(OC)cc3)CC2)C1.I. The van der Waals surface area contributed by atoms with E-state index in [0.29, 0.717) is 19.1 Å². The highest BCUT2D eigenvalue weighted by atomic mass is 127. The number of ether oxygens (including phenoxy) is 2. The molecule has 1 N–H and O–H groups in total. The summed E-state index contributed by atoms with van der Waals surface area (Å²) in [6.45, 7) is 8.10. The highest BCUT2D eigenvalue weighted by molar-refractivity contribution is 14.0. The lowest BCUT2D eigenvalue weighted by Crippen LogP contribution is -2.49. The molecule has 2 fully saturated rings. The summed E-state index contributed by atoms with van der Waals surface area (Å²) in [5.41, 5.74) is 1.33. The van der Waals surface area contributed by atoms with Crippen LogP contribution in [0.2, 0.25) is 0 Å². The second-order valence-electron chi connectivity index (χ2n) is 8.53. The molecule has 0 saturated carbocycles. The third-order valence-corrected chi connectivity index (χ3v) is 6.37. The number of guanidine groups is 1. The van der Waals surface area contributed by atoms with E-state index < -0.39 is 0 Å². The van der Waals surface area contributed by atoms with Gasteiger partial charge in [0.2, 0.25) is 0 Å². The summed E-state index contributed by atoms with van der Waals surface area (Å²) in [6, 6.07) is 8.37. The zero-order chi connectivity index (χ0) is 22.1. The molecule has 2 aliphatic heterocycles. The number of aliphatic imine (C=N–C) groups is 1. The van der Waals surface area contributed by atoms with Gasteiger partial charge in [0, 0.05) is 33.2 Å². The number of benzene rings is 1. The number of halogens is 1. The molecule has 1 atom stereocenters. The number of esters is 1. The van der Waals surface area contributed by atoms with Gasteiger partial charge in [0.05, 0.1) is 19.6 Å². The maximum atomic E-state index is 12.1. The summed E-state index contributed by atoms with van der Waals surface area (Å²) < 4.78 is 10.5. The zero-order valence-corrected chi connectivity index (χ0v) is 22.0. The van der Waals surface area contributed by atoms with Crippen molar-refractivity contribution >= 4 is 35.9 Å². The fourth-order valence-corrected chi connectivity index (χ4v) is 4.53. The van der Waals surface area contributed by atoms with E-state index in [1.807, 2.05) is 26.1 Å². The van der Waals surface area contributed by atoms with Crippen molar-refractivity contribution in [2.24, 2.45) is 16.8 Å². The van der Waals surface area contributed by atoms with Crippen molar-refractivity contribution in [1.82, 2.24) is 15.1 Å². The minimum atomic E-state index is -0.0770. The van der Waals surface area contributed by atoms with Gasteiger partial charge in [-0.2, -0.15) is 0 Å². The standard InChI is InChI=1S/C24H38N4O3.HI/c1-4-31-23(29)21-6-5-13-28(18-21)24(25-2)26-16-19-11-14-27(15-12-19)17-20-7-9-22(30-3)10-8-20;/h7-10,19,21H,4-6,11-18H2,1-3H3,(H,25,26);1H. The first-order valence-corrected chi connectivity index (χ1v) is 11.6. The number of piperidine rings is 2. The van der Waals surface area contributed by atoms with Crippen molar-refractivity contribution in [3.05, 3.63) is 29.8 Å². The van der Waals surface area contributed by atoms with Gasteiger partial charge in [-0.3, -0.25) is 14.7 Å². The summed E-state index contributed by atoms with van der Waals surface area (Å²) in [5.74, 6) is 2.34. The lowest BCUT2D eigenvalue weighted by Gasteiger charge is -2.36. The third kappa shape index (κ3) is 7.79. The largest absolute Gasteiger partial charge is 0.497 e. The van der Waals surface area contributed by atoms with Crippen LogP contribution in [0.15, 0.2) is 29.3 Å². The van der Waals surface area contributed by atoms with Gasteiger partial charge in [-0.25, -0.2) is 0 Å². The topological polar surface area (TPSA) is 66.4 Å². The molecule has 1 unspecified atom stereocenters. The third-order valence-electron chi connectivity index (χ3n) is 6.37. The molecule has 1 aromatic carbocycles. The number of carbonyl (C=O) groups is 1. The molecule has 0 aromatic heterocycles. The molecule has 2 aliphatic rings. The number of hydrogen-bond acceptors (Lipinski definition) is 5. The summed E-state index contributed by atoms with van der Waals surface area (Å²) in [5, 5.41) is 3.57. The number of nitrogens with one attached hydrogen (secondary N) is 1. The predicted octanol–water partition coefficient (Wildman–Crippen LogP) is 3.38. The predicted molar refractivity (Wildman–Crippen MR) is 139 cm³/mol. The van der Waals surface area contributed by atoms with Gasteiger partial charge < -0.3 is 19.7 Å². The Morgan fingerprint density at radius 1 is 1.16 bits per heavy atom. The Morgan fingerprint density at radius 3 is 2.50 bits per heavy atom. The molecular formula is C24H39IN4O3. The van der Waals surface area contributed by atoms with E-state index in [1.165, 1.54) is 18.4 Å². The van der Waals surface area contributed by atoms with E-state index in [2.05, 4.69) is 32.2 Å². The summed E-state index contributed by atoms with van der Waals surface area (Å²) in [6.07, 6.45) is 4.27. The first kappa shape index (κ1) is 26.7. The number of rotatable bonds is 7. The van der Waals surface area contributed by atoms with Crippen molar-refractivity contribution in [3.8, 4) is 5.75 Å². The van der Waals surface area contributed by atoms with Crippen LogP contribution >= 0.6 is 24.0 Å². The average Bonchev–Trinajstić information content (AvgIpc) is 2.81. The van der Waals surface area contributed by atoms with E-state index in [9.17, 15) is 4.79 Å². The number of likely N-dealkylation sites (tertiary alicyclic amines) is 2. The van der Waals surface area contributed by atoms with Crippen molar-refractivity contribution in [1.29, 1.82) is 0 Å². The van der Waals surface area contributed by atoms with Gasteiger partial charge in [0.15, 0.2) is 5.96 Å². The summed E-state index contributed by atoms with van der Waals surface area (Å²) >= 11 is 0. The van der Waals surface area contributed by atoms with E-state index in [-0.39, 0.29) is 35.9 Å². The molecule has 7 nitrogen and oxygen atoms in total. The lowest BCUT2D eigenvalue weighted by molar-refractivity contribution is -0.149. The van der Waals surface area contributed by atoms with Crippen molar-refractivity contribution < 1.29 is 14.3 Å². The molecule has 0 radical (unpaired) electrons. The number of nitrogens with zero attached hydrogens (tertiary/aromatic N) is 3. The van der Waals surface area contributed by atoms with Gasteiger partial charge in [0.25, 0.3) is 0 Å². The van der Waals surface area contributed by atoms with Crippen LogP contribution in [0.5, 0.6) is 5.75 Å². The monoisotopic (exact) mass is 558 g/mol. The maximum absolute atomic E-state index is 12.1. The van der Waals surface area contributed by atoms with E-state index in [1.54, 1.807) is 7.11 Å². The van der Waals surface area contributed by atoms with Crippen LogP contribution in [0.4, 0.5) is 0 Å². The highest BCUT2D eigenvalue weighted by Gasteiger charge is 2.29. The first-order chi connectivity index (χ1) is 15.1. The lowest BCUT2D eigenvalue weighted by atomic mass is 9.96. The molecular weight excluding hydrogens is 519 g/mol. The van der Waals surface area contributed by atoms with Crippen LogP contribution in [0.3, 0.4) is 0 Å². The van der Waals surface area contributed by atoms with Gasteiger partial charge in [-0.15, -0.1) is 24.0 Å². The Labute approximate surface area is 209 Å². The highest BCUT2D eigenvalue weighted by Crippen LogP contribution is 2.21. The van der Waals surface area contributed by atoms with Crippen LogP contribution < -0.4 is 10.1 Å². The fraction of sp³-hybridized carbons (Fsp3) is 0.667. The second kappa shape index (κ2) is 13.9. The number of methoxy groups -OCH3 is 1. The molecule has 32 heavy (non-hydrogen) atoms.